The van der Waals surface area contributed by atoms with Gasteiger partial charge in [-0.2, -0.15) is 0 Å². The van der Waals surface area contributed by atoms with E-state index in [0.29, 0.717) is 12.8 Å². The first kappa shape index (κ1) is 77.8. The van der Waals surface area contributed by atoms with E-state index in [1.165, 1.54) is 250 Å². The van der Waals surface area contributed by atoms with Gasteiger partial charge in [0.1, 0.15) is 48.8 Å². The van der Waals surface area contributed by atoms with Crippen LogP contribution in [-0.2, 0) is 23.7 Å². The van der Waals surface area contributed by atoms with E-state index in [0.717, 1.165) is 51.4 Å². The van der Waals surface area contributed by atoms with Gasteiger partial charge in [-0.3, -0.25) is 4.79 Å². The molecule has 14 nitrogen and oxygen atoms in total. The number of allylic oxidation sites excluding steroid dienone is 2. The van der Waals surface area contributed by atoms with Crippen LogP contribution in [0.15, 0.2) is 12.2 Å². The van der Waals surface area contributed by atoms with Crippen LogP contribution in [0.2, 0.25) is 0 Å². The Labute approximate surface area is 507 Å². The lowest BCUT2D eigenvalue weighted by molar-refractivity contribution is -0.359. The lowest BCUT2D eigenvalue weighted by Gasteiger charge is -2.46. The molecule has 0 saturated carbocycles. The fourth-order valence-electron chi connectivity index (χ4n) is 12.1. The van der Waals surface area contributed by atoms with Crippen molar-refractivity contribution in [2.75, 3.05) is 19.8 Å². The second kappa shape index (κ2) is 54.8. The molecule has 0 bridgehead atoms. The third kappa shape index (κ3) is 39.4. The molecule has 0 spiro atoms. The van der Waals surface area contributed by atoms with Crippen molar-refractivity contribution in [3.8, 4) is 0 Å². The number of aliphatic hydroxyl groups is 8. The van der Waals surface area contributed by atoms with Crippen LogP contribution in [0.4, 0.5) is 0 Å². The van der Waals surface area contributed by atoms with Gasteiger partial charge in [-0.15, -0.1) is 0 Å². The summed E-state index contributed by atoms with van der Waals surface area (Å²) in [4.78, 5) is 13.3. The van der Waals surface area contributed by atoms with Crippen molar-refractivity contribution < 1.29 is 64.6 Å². The molecule has 2 heterocycles. The smallest absolute Gasteiger partial charge is 0.220 e. The van der Waals surface area contributed by atoms with E-state index >= 15 is 0 Å². The molecular formula is C69H133NO13. The molecule has 0 radical (unpaired) electrons. The highest BCUT2D eigenvalue weighted by atomic mass is 16.7. The molecule has 0 aromatic heterocycles. The molecule has 2 rings (SSSR count). The SMILES string of the molecule is CCCCCCCC/C=C\CCCCCCCCCCCC(=O)NC(COC1OC(CO)C(OC2OC(CO)C(O)C(O)C2O)C(O)C1O)C(O)CCCCCCCCCCCCCCCCCCCCCCCCCCCCCCCC. The van der Waals surface area contributed by atoms with Gasteiger partial charge in [0, 0.05) is 6.42 Å². The van der Waals surface area contributed by atoms with E-state index in [-0.39, 0.29) is 12.5 Å². The lowest BCUT2D eigenvalue weighted by Crippen LogP contribution is -2.65. The molecule has 83 heavy (non-hydrogen) atoms. The first-order valence-electron chi connectivity index (χ1n) is 35.4. The monoisotopic (exact) mass is 1180 g/mol. The number of unbranched alkanes of at least 4 members (excludes halogenated alkanes) is 44. The van der Waals surface area contributed by atoms with Gasteiger partial charge in [0.05, 0.1) is 32.0 Å². The third-order valence-electron chi connectivity index (χ3n) is 17.7. The number of nitrogens with one attached hydrogen (secondary N) is 1. The Balaban J connectivity index is 1.65. The number of hydrogen-bond donors (Lipinski definition) is 9. The van der Waals surface area contributed by atoms with E-state index in [2.05, 4.69) is 31.3 Å². The molecule has 12 atom stereocenters. The molecule has 9 N–H and O–H groups in total. The van der Waals surface area contributed by atoms with Crippen molar-refractivity contribution in [1.29, 1.82) is 0 Å². The topological polar surface area (TPSA) is 228 Å². The minimum Gasteiger partial charge on any atom is -0.394 e. The third-order valence-corrected chi connectivity index (χ3v) is 17.7. The minimum atomic E-state index is -1.78. The highest BCUT2D eigenvalue weighted by Gasteiger charge is 2.51. The maximum atomic E-state index is 13.3. The molecule has 0 aromatic rings. The van der Waals surface area contributed by atoms with Gasteiger partial charge in [0.15, 0.2) is 12.6 Å². The van der Waals surface area contributed by atoms with Crippen molar-refractivity contribution in [3.05, 3.63) is 12.2 Å². The normalized spacial score (nSPS) is 23.8. The molecule has 12 unspecified atom stereocenters. The zero-order valence-electron chi connectivity index (χ0n) is 53.5. The van der Waals surface area contributed by atoms with Gasteiger partial charge < -0.3 is 65.1 Å². The van der Waals surface area contributed by atoms with Crippen LogP contribution < -0.4 is 5.32 Å². The van der Waals surface area contributed by atoms with E-state index in [4.69, 9.17) is 18.9 Å². The van der Waals surface area contributed by atoms with E-state index < -0.39 is 86.8 Å². The summed E-state index contributed by atoms with van der Waals surface area (Å²) in [5, 5.41) is 87.6. The number of carbonyl (C=O) groups is 1. The van der Waals surface area contributed by atoms with Crippen molar-refractivity contribution in [2.24, 2.45) is 0 Å². The van der Waals surface area contributed by atoms with Crippen molar-refractivity contribution in [2.45, 2.75) is 402 Å². The summed E-state index contributed by atoms with van der Waals surface area (Å²) in [5.74, 6) is -0.203. The van der Waals surface area contributed by atoms with Gasteiger partial charge in [-0.1, -0.05) is 296 Å². The quantitative estimate of drug-likeness (QED) is 0.0204. The zero-order chi connectivity index (χ0) is 60.2. The molecular weight excluding hydrogens is 1050 g/mol. The number of rotatable bonds is 59. The number of carbonyl (C=O) groups excluding carboxylic acids is 1. The first-order valence-corrected chi connectivity index (χ1v) is 35.4. The van der Waals surface area contributed by atoms with Crippen LogP contribution in [0.3, 0.4) is 0 Å². The van der Waals surface area contributed by atoms with Crippen LogP contribution in [0, 0.1) is 0 Å². The number of ether oxygens (including phenoxy) is 4. The average molecular weight is 1180 g/mol. The Hall–Kier alpha value is -1.27. The summed E-state index contributed by atoms with van der Waals surface area (Å²) in [6, 6.07) is -0.828. The summed E-state index contributed by atoms with van der Waals surface area (Å²) < 4.78 is 22.9. The maximum Gasteiger partial charge on any atom is 0.220 e. The maximum absolute atomic E-state index is 13.3. The second-order valence-corrected chi connectivity index (χ2v) is 25.4. The Kier molecular flexibility index (Phi) is 51.4. The predicted octanol–water partition coefficient (Wildman–Crippen LogP) is 14.2. The van der Waals surface area contributed by atoms with Gasteiger partial charge in [0.25, 0.3) is 0 Å². The molecule has 0 aliphatic carbocycles. The predicted molar refractivity (Wildman–Crippen MR) is 337 cm³/mol. The Bertz CT molecular complexity index is 1440. The molecule has 492 valence electrons. The molecule has 2 saturated heterocycles. The van der Waals surface area contributed by atoms with Gasteiger partial charge >= 0.3 is 0 Å². The second-order valence-electron chi connectivity index (χ2n) is 25.4. The van der Waals surface area contributed by atoms with Gasteiger partial charge in [-0.05, 0) is 38.5 Å². The highest BCUT2D eigenvalue weighted by Crippen LogP contribution is 2.30. The summed E-state index contributed by atoms with van der Waals surface area (Å²) in [7, 11) is 0. The molecule has 0 aromatic carbocycles. The molecule has 2 fully saturated rings. The summed E-state index contributed by atoms with van der Waals surface area (Å²) >= 11 is 0. The van der Waals surface area contributed by atoms with Crippen molar-refractivity contribution in [1.82, 2.24) is 5.32 Å². The molecule has 2 aliphatic heterocycles. The summed E-state index contributed by atoms with van der Waals surface area (Å²) in [6.07, 6.45) is 49.5. The first-order chi connectivity index (χ1) is 40.6. The van der Waals surface area contributed by atoms with Gasteiger partial charge in [-0.25, -0.2) is 0 Å². The zero-order valence-corrected chi connectivity index (χ0v) is 53.5. The largest absolute Gasteiger partial charge is 0.394 e. The van der Waals surface area contributed by atoms with Crippen LogP contribution in [0.25, 0.3) is 0 Å². The van der Waals surface area contributed by atoms with E-state index in [1.807, 2.05) is 0 Å². The van der Waals surface area contributed by atoms with Crippen LogP contribution in [0.5, 0.6) is 0 Å². The Morgan fingerprint density at radius 1 is 0.422 bits per heavy atom. The number of amides is 1. The van der Waals surface area contributed by atoms with Crippen LogP contribution >= 0.6 is 0 Å². The molecule has 1 amide bonds. The van der Waals surface area contributed by atoms with E-state index in [1.54, 1.807) is 0 Å². The highest BCUT2D eigenvalue weighted by molar-refractivity contribution is 5.76. The summed E-state index contributed by atoms with van der Waals surface area (Å²) in [6.45, 7) is 2.91. The molecule has 2 aliphatic rings. The fourth-order valence-corrected chi connectivity index (χ4v) is 12.1. The van der Waals surface area contributed by atoms with Crippen molar-refractivity contribution >= 4 is 5.91 Å². The van der Waals surface area contributed by atoms with E-state index in [9.17, 15) is 45.6 Å². The average Bonchev–Trinajstić information content (AvgIpc) is 3.64. The molecule has 14 heteroatoms. The fraction of sp³-hybridized carbons (Fsp3) is 0.957. The van der Waals surface area contributed by atoms with Gasteiger partial charge in [0.2, 0.25) is 5.91 Å². The Morgan fingerprint density at radius 3 is 1.14 bits per heavy atom. The standard InChI is InChI=1S/C69H133NO13/c1-3-5-7-9-11-13-15-17-19-21-23-24-25-26-27-28-29-30-31-32-33-35-36-38-40-42-44-46-48-50-52-58(73)57(70-61(74)53-51-49-47-45-43-41-39-37-34-22-20-18-16-14-12-10-8-6-4-2)56-80-68-66(79)64(77)67(60(55-72)82-68)83-69-65(78)63(76)62(75)59(54-71)81-69/h18,20,57-60,62-69,71-73,75-79H,3-17,19,21-56H2,1-2H3,(H,70,74)/b20-18-. The minimum absolute atomic E-state index is 0.203. The number of hydrogen-bond acceptors (Lipinski definition) is 13. The lowest BCUT2D eigenvalue weighted by atomic mass is 9.97. The summed E-state index contributed by atoms with van der Waals surface area (Å²) in [5.41, 5.74) is 0. The van der Waals surface area contributed by atoms with Crippen LogP contribution in [-0.4, -0.2) is 140 Å². The Morgan fingerprint density at radius 2 is 0.759 bits per heavy atom. The van der Waals surface area contributed by atoms with Crippen molar-refractivity contribution in [3.63, 3.8) is 0 Å². The number of aliphatic hydroxyl groups excluding tert-OH is 8. The van der Waals surface area contributed by atoms with Crippen LogP contribution in [0.1, 0.15) is 328 Å².